The van der Waals surface area contributed by atoms with Crippen LogP contribution in [-0.4, -0.2) is 36.9 Å². The molecule has 6 nitrogen and oxygen atoms in total. The monoisotopic (exact) mass is 473 g/mol. The highest BCUT2D eigenvalue weighted by molar-refractivity contribution is 7.85. The Balaban J connectivity index is 0.000000461. The number of hydrogen-bond acceptors (Lipinski definition) is 5. The molecule has 1 aromatic heterocycles. The lowest BCUT2D eigenvalue weighted by Gasteiger charge is -2.22. The van der Waals surface area contributed by atoms with Crippen molar-refractivity contribution in [2.75, 3.05) is 13.4 Å². The van der Waals surface area contributed by atoms with E-state index in [1.54, 1.807) is 19.5 Å². The maximum Gasteiger partial charge on any atom is 0.261 e. The second-order valence-corrected chi connectivity index (χ2v) is 10.00. The molecule has 1 fully saturated rings. The Morgan fingerprint density at radius 3 is 2.33 bits per heavy atom. The Morgan fingerprint density at radius 2 is 1.77 bits per heavy atom. The molecule has 1 aliphatic carbocycles. The highest BCUT2D eigenvalue weighted by atomic mass is 35.5. The van der Waals surface area contributed by atoms with E-state index in [9.17, 15) is 8.42 Å². The van der Waals surface area contributed by atoms with Crippen LogP contribution in [0, 0.1) is 0 Å². The molecule has 1 saturated carbocycles. The van der Waals surface area contributed by atoms with Crippen LogP contribution in [0.1, 0.15) is 42.4 Å². The number of fused-ring (bicyclic) bond motifs is 1. The molecule has 1 N–H and O–H groups in total. The Hall–Kier alpha value is -1.54. The van der Waals surface area contributed by atoms with Crippen molar-refractivity contribution >= 4 is 33.3 Å². The first kappa shape index (κ1) is 23.1. The van der Waals surface area contributed by atoms with Crippen LogP contribution in [0.25, 0.3) is 0 Å². The van der Waals surface area contributed by atoms with Crippen LogP contribution in [-0.2, 0) is 29.4 Å². The molecule has 4 rings (SSSR count). The van der Waals surface area contributed by atoms with Gasteiger partial charge in [0.05, 0.1) is 23.4 Å². The summed E-state index contributed by atoms with van der Waals surface area (Å²) in [6.07, 6.45) is 11.4. The molecule has 30 heavy (non-hydrogen) atoms. The second kappa shape index (κ2) is 9.30. The summed E-state index contributed by atoms with van der Waals surface area (Å²) in [6.45, 7) is 0. The second-order valence-electron chi connectivity index (χ2n) is 7.72. The molecule has 9 heteroatoms. The summed E-state index contributed by atoms with van der Waals surface area (Å²) >= 11 is 12.5. The predicted octanol–water partition coefficient (Wildman–Crippen LogP) is 4.93. The quantitative estimate of drug-likeness (QED) is 0.633. The van der Waals surface area contributed by atoms with Gasteiger partial charge in [0.1, 0.15) is 5.60 Å². The SMILES string of the molecule is COc1ccc(CCc2c(Cl)cncc2Cl)c2c1OC1(CCCC1)C2.CS(=O)(=O)O. The zero-order valence-electron chi connectivity index (χ0n) is 17.0. The van der Waals surface area contributed by atoms with Crippen molar-refractivity contribution in [1.82, 2.24) is 4.98 Å². The number of nitrogens with zero attached hydrogens (tertiary/aromatic N) is 1. The van der Waals surface area contributed by atoms with Crippen molar-refractivity contribution in [2.45, 2.75) is 50.5 Å². The number of halogens is 2. The van der Waals surface area contributed by atoms with Crippen molar-refractivity contribution in [1.29, 1.82) is 0 Å². The van der Waals surface area contributed by atoms with Crippen molar-refractivity contribution < 1.29 is 22.4 Å². The van der Waals surface area contributed by atoms with E-state index < -0.39 is 10.1 Å². The number of aryl methyl sites for hydroxylation is 1. The van der Waals surface area contributed by atoms with Gasteiger partial charge in [0.15, 0.2) is 11.5 Å². The molecule has 164 valence electrons. The van der Waals surface area contributed by atoms with E-state index in [4.69, 9.17) is 37.2 Å². The van der Waals surface area contributed by atoms with Gasteiger partial charge >= 0.3 is 0 Å². The molecule has 2 aliphatic rings. The molecule has 0 radical (unpaired) electrons. The lowest BCUT2D eigenvalue weighted by Crippen LogP contribution is -2.30. The summed E-state index contributed by atoms with van der Waals surface area (Å²) in [7, 11) is -1.96. The summed E-state index contributed by atoms with van der Waals surface area (Å²) in [5.41, 5.74) is 3.53. The Kier molecular flexibility index (Phi) is 7.17. The summed E-state index contributed by atoms with van der Waals surface area (Å²) in [4.78, 5) is 4.03. The van der Waals surface area contributed by atoms with Crippen LogP contribution in [0.4, 0.5) is 0 Å². The van der Waals surface area contributed by atoms with Crippen LogP contribution in [0.5, 0.6) is 11.5 Å². The molecule has 1 aromatic carbocycles. The van der Waals surface area contributed by atoms with Crippen LogP contribution < -0.4 is 9.47 Å². The largest absolute Gasteiger partial charge is 0.493 e. The molecule has 0 saturated heterocycles. The van der Waals surface area contributed by atoms with Gasteiger partial charge in [-0.1, -0.05) is 29.3 Å². The average molecular weight is 474 g/mol. The smallest absolute Gasteiger partial charge is 0.261 e. The lowest BCUT2D eigenvalue weighted by molar-refractivity contribution is 0.0996. The van der Waals surface area contributed by atoms with Crippen LogP contribution in [0.2, 0.25) is 10.0 Å². The zero-order chi connectivity index (χ0) is 21.9. The number of hydrogen-bond donors (Lipinski definition) is 1. The first-order chi connectivity index (χ1) is 14.1. The molecular formula is C21H25Cl2NO5S. The number of methoxy groups -OCH3 is 1. The van der Waals surface area contributed by atoms with Crippen molar-refractivity contribution in [3.05, 3.63) is 51.3 Å². The van der Waals surface area contributed by atoms with Crippen molar-refractivity contribution in [2.24, 2.45) is 0 Å². The maximum atomic E-state index is 9.19. The van der Waals surface area contributed by atoms with Gasteiger partial charge < -0.3 is 9.47 Å². The standard InChI is InChI=1S/C20H21Cl2NO2.CH4O3S/c1-24-18-7-5-13(4-6-14-16(21)11-23-12-17(14)22)15-10-20(25-19(15)18)8-2-3-9-20;1-5(2,3)4/h5,7,11-12H,2-4,6,8-10H2,1H3;1H3,(H,2,3,4). The first-order valence-corrected chi connectivity index (χ1v) is 12.3. The van der Waals surface area contributed by atoms with E-state index in [0.717, 1.165) is 49.2 Å². The average Bonchev–Trinajstić information content (AvgIpc) is 3.27. The number of pyridine rings is 1. The first-order valence-electron chi connectivity index (χ1n) is 9.70. The van der Waals surface area contributed by atoms with Crippen molar-refractivity contribution in [3.63, 3.8) is 0 Å². The molecule has 2 aromatic rings. The molecule has 1 spiro atoms. The predicted molar refractivity (Wildman–Crippen MR) is 118 cm³/mol. The molecule has 0 unspecified atom stereocenters. The molecular weight excluding hydrogens is 449 g/mol. The fourth-order valence-corrected chi connectivity index (χ4v) is 4.71. The maximum absolute atomic E-state index is 9.19. The van der Waals surface area contributed by atoms with E-state index >= 15 is 0 Å². The van der Waals surface area contributed by atoms with E-state index in [1.807, 2.05) is 6.07 Å². The number of ether oxygens (including phenoxy) is 2. The third-order valence-corrected chi connectivity index (χ3v) is 6.12. The normalized spacial score (nSPS) is 16.6. The van der Waals surface area contributed by atoms with Crippen molar-refractivity contribution in [3.8, 4) is 11.5 Å². The fourth-order valence-electron chi connectivity index (χ4n) is 4.16. The topological polar surface area (TPSA) is 85.7 Å². The van der Waals surface area contributed by atoms with Gasteiger partial charge in [0, 0.05) is 24.4 Å². The van der Waals surface area contributed by atoms with E-state index in [1.165, 1.54) is 24.0 Å². The van der Waals surface area contributed by atoms with Crippen LogP contribution in [0.15, 0.2) is 24.5 Å². The lowest BCUT2D eigenvalue weighted by atomic mass is 9.91. The zero-order valence-corrected chi connectivity index (χ0v) is 19.3. The molecule has 1 aliphatic heterocycles. The number of rotatable bonds is 4. The summed E-state index contributed by atoms with van der Waals surface area (Å²) in [6, 6.07) is 4.16. The van der Waals surface area contributed by atoms with Crippen LogP contribution >= 0.6 is 23.2 Å². The minimum atomic E-state index is -3.67. The third-order valence-electron chi connectivity index (χ3n) is 5.47. The number of aromatic nitrogens is 1. The Labute approximate surface area is 187 Å². The van der Waals surface area contributed by atoms with Gasteiger partial charge in [-0.2, -0.15) is 8.42 Å². The minimum Gasteiger partial charge on any atom is -0.493 e. The molecule has 0 amide bonds. The highest BCUT2D eigenvalue weighted by Gasteiger charge is 2.43. The Bertz CT molecular complexity index is 992. The molecule has 0 atom stereocenters. The number of benzene rings is 1. The Morgan fingerprint density at radius 1 is 1.17 bits per heavy atom. The van der Waals surface area contributed by atoms with E-state index in [2.05, 4.69) is 11.1 Å². The summed E-state index contributed by atoms with van der Waals surface area (Å²) in [5, 5.41) is 1.25. The van der Waals surface area contributed by atoms with Gasteiger partial charge in [-0.3, -0.25) is 9.54 Å². The molecule has 0 bridgehead atoms. The summed E-state index contributed by atoms with van der Waals surface area (Å²) < 4.78 is 37.8. The van der Waals surface area contributed by atoms with E-state index in [0.29, 0.717) is 16.3 Å². The third kappa shape index (κ3) is 5.58. The fraction of sp³-hybridized carbons (Fsp3) is 0.476. The highest BCUT2D eigenvalue weighted by Crippen LogP contribution is 2.49. The minimum absolute atomic E-state index is 0.0162. The van der Waals surface area contributed by atoms with Gasteiger partial charge in [-0.25, -0.2) is 0 Å². The van der Waals surface area contributed by atoms with Gasteiger partial charge in [0.25, 0.3) is 10.1 Å². The van der Waals surface area contributed by atoms with E-state index in [-0.39, 0.29) is 5.60 Å². The molecule has 2 heterocycles. The summed E-state index contributed by atoms with van der Waals surface area (Å²) in [5.74, 6) is 1.77. The van der Waals surface area contributed by atoms with Gasteiger partial charge in [-0.05, 0) is 55.7 Å². The van der Waals surface area contributed by atoms with Gasteiger partial charge in [-0.15, -0.1) is 0 Å². The van der Waals surface area contributed by atoms with Gasteiger partial charge in [0.2, 0.25) is 0 Å². The van der Waals surface area contributed by atoms with Crippen LogP contribution in [0.3, 0.4) is 0 Å².